The van der Waals surface area contributed by atoms with Crippen LogP contribution in [0.5, 0.6) is 0 Å². The molecule has 0 unspecified atom stereocenters. The summed E-state index contributed by atoms with van der Waals surface area (Å²) in [6.07, 6.45) is 2.45. The molecule has 0 spiro atoms. The average molecular weight is 1350 g/mol. The van der Waals surface area contributed by atoms with Crippen molar-refractivity contribution >= 4 is 47.9 Å². The second-order valence-corrected chi connectivity index (χ2v) is 32.2. The number of hydrogen-bond acceptors (Lipinski definition) is 19. The van der Waals surface area contributed by atoms with Gasteiger partial charge in [-0.1, -0.05) is 142 Å². The highest BCUT2D eigenvalue weighted by atomic mass is 16.8. The standard InChI is InChI=1S/C77H105NO19/c1-43(2)22-21-23-44(3)53-30-31-54-52-29-28-50-39-51(34-36-73(50,12)55(52)35-37-74(53,54)13)92-59(81)33-32-58(80)90-42-91-70(87)94-63(61(48-24-17-15-18-25-48)78-69(86)97-71(7,8)9)68(85)93-56-40-77(88)66(95-67(84)49-26-19-16-20-27-49)64-75(14,65(83)62(82)60(46(56)5)72(77,10)11)45(4)38-57-76(64,41-89-57)96-47(6)79/h15-20,24-28,43-45,51-57,61-64,66,82,88H,21-23,29-42H2,1-14H3,(H,78,86)/t44-,45+,51+,52+,53-,54+,55+,56+,57-,61+,62-,63-,64+,66+,73+,74-,75-,76+,77-/m1/s1. The monoisotopic (exact) mass is 1350 g/mol. The Hall–Kier alpha value is -6.64. The minimum Gasteiger partial charge on any atom is -0.462 e. The number of Topliss-reactive ketones (excluding diaryl/α,β-unsaturated/α-hetero) is 1. The van der Waals surface area contributed by atoms with Gasteiger partial charge in [0.15, 0.2) is 11.4 Å². The fourth-order valence-electron chi connectivity index (χ4n) is 19.5. The SMILES string of the molecule is CC(=O)O[C@@]12CO[C@@H]1C[C@H](C)[C@@]1(C)C(=O)[C@H](O)C3=C(C)[C@@H](OC(=O)[C@H](OC(=O)OCOC(=O)CCC(=O)O[C@H]4CC[C@@]5(C)C(=CC[C@H]6[C@@H]7CC[C@H]([C@H](C)CCCC(C)C)[C@@]7(C)CC[C@@H]65)C4)[C@@H](NC(=O)OC(C)(C)C)c4ccccc4)C[C@@](O)([C@@H](OC(=O)c4ccccc4)[C@H]21)C3(C)C. The Balaban J connectivity index is 0.838. The molecule has 3 N–H and O–H groups in total. The van der Waals surface area contributed by atoms with E-state index in [1.807, 2.05) is 0 Å². The van der Waals surface area contributed by atoms with Crippen molar-refractivity contribution in [2.75, 3.05) is 13.4 Å². The van der Waals surface area contributed by atoms with Crippen LogP contribution in [0.2, 0.25) is 0 Å². The maximum absolute atomic E-state index is 15.6. The van der Waals surface area contributed by atoms with Crippen LogP contribution in [0.25, 0.3) is 0 Å². The lowest BCUT2D eigenvalue weighted by Crippen LogP contribution is -2.80. The summed E-state index contributed by atoms with van der Waals surface area (Å²) in [5.41, 5.74) is -6.36. The second-order valence-electron chi connectivity index (χ2n) is 32.2. The first kappa shape index (κ1) is 73.1. The van der Waals surface area contributed by atoms with Gasteiger partial charge >= 0.3 is 42.1 Å². The van der Waals surface area contributed by atoms with E-state index in [-0.39, 0.29) is 53.2 Å². The molecule has 5 saturated carbocycles. The smallest absolute Gasteiger partial charge is 0.462 e. The molecule has 1 aliphatic heterocycles. The van der Waals surface area contributed by atoms with Gasteiger partial charge in [0.05, 0.1) is 30.9 Å². The van der Waals surface area contributed by atoms with Crippen LogP contribution in [-0.2, 0) is 66.6 Å². The van der Waals surface area contributed by atoms with E-state index in [0.717, 1.165) is 42.9 Å². The first-order valence-electron chi connectivity index (χ1n) is 35.5. The number of carbonyl (C=O) groups excluding carboxylic acids is 8. The number of hydrogen-bond donors (Lipinski definition) is 3. The zero-order chi connectivity index (χ0) is 70.5. The number of allylic oxidation sites excluding steroid dienone is 1. The molecule has 6 fully saturated rings. The highest BCUT2D eigenvalue weighted by molar-refractivity contribution is 5.94. The Bertz CT molecular complexity index is 3350. The average Bonchev–Trinajstić information content (AvgIpc) is 1.06. The zero-order valence-electron chi connectivity index (χ0n) is 59.4. The number of aliphatic hydroxyl groups is 2. The highest BCUT2D eigenvalue weighted by Gasteiger charge is 2.77. The van der Waals surface area contributed by atoms with Crippen LogP contribution in [0.15, 0.2) is 83.5 Å². The molecule has 1 saturated heterocycles. The number of carbonyl (C=O) groups is 8. The molecule has 1 heterocycles. The Kier molecular flexibility index (Phi) is 21.2. The van der Waals surface area contributed by atoms with Crippen LogP contribution in [0.4, 0.5) is 9.59 Å². The fraction of sp³-hybridized carbons (Fsp3) is 0.688. The molecule has 532 valence electrons. The first-order valence-corrected chi connectivity index (χ1v) is 35.5. The maximum Gasteiger partial charge on any atom is 0.512 e. The van der Waals surface area contributed by atoms with Gasteiger partial charge in [-0.05, 0) is 160 Å². The molecule has 20 nitrogen and oxygen atoms in total. The second kappa shape index (κ2) is 28.2. The lowest BCUT2D eigenvalue weighted by atomic mass is 9.43. The Morgan fingerprint density at radius 2 is 1.49 bits per heavy atom. The van der Waals surface area contributed by atoms with Crippen molar-refractivity contribution in [1.29, 1.82) is 0 Å². The Labute approximate surface area is 571 Å². The third-order valence-corrected chi connectivity index (χ3v) is 24.7. The summed E-state index contributed by atoms with van der Waals surface area (Å²) < 4.78 is 53.1. The zero-order valence-corrected chi connectivity index (χ0v) is 59.4. The Morgan fingerprint density at radius 3 is 2.14 bits per heavy atom. The number of rotatable bonds is 20. The number of aliphatic hydroxyl groups excluding tert-OH is 1. The number of ketones is 1. The quantitative estimate of drug-likeness (QED) is 0.0481. The van der Waals surface area contributed by atoms with Crippen molar-refractivity contribution in [3.63, 3.8) is 0 Å². The van der Waals surface area contributed by atoms with Crippen molar-refractivity contribution < 1.29 is 91.2 Å². The summed E-state index contributed by atoms with van der Waals surface area (Å²) in [6.45, 7) is 25.0. The molecule has 20 heteroatoms. The molecule has 19 atom stereocenters. The summed E-state index contributed by atoms with van der Waals surface area (Å²) in [5.74, 6) is -2.97. The number of nitrogens with one attached hydrogen (secondary N) is 1. The molecular weight excluding hydrogens is 1240 g/mol. The van der Waals surface area contributed by atoms with E-state index in [0.29, 0.717) is 23.7 Å². The molecule has 10 rings (SSSR count). The van der Waals surface area contributed by atoms with Crippen LogP contribution < -0.4 is 5.32 Å². The van der Waals surface area contributed by atoms with E-state index in [2.05, 4.69) is 46.0 Å². The lowest BCUT2D eigenvalue weighted by Gasteiger charge is -2.68. The summed E-state index contributed by atoms with van der Waals surface area (Å²) in [5, 5.41) is 29.3. The molecule has 1 amide bonds. The van der Waals surface area contributed by atoms with Crippen LogP contribution in [0, 0.1) is 69.0 Å². The lowest BCUT2D eigenvalue weighted by molar-refractivity contribution is -0.340. The van der Waals surface area contributed by atoms with Gasteiger partial charge in [0.1, 0.15) is 47.8 Å². The number of fused-ring (bicyclic) bond motifs is 10. The van der Waals surface area contributed by atoms with Crippen molar-refractivity contribution in [2.45, 2.75) is 253 Å². The van der Waals surface area contributed by atoms with E-state index in [1.165, 1.54) is 88.6 Å². The van der Waals surface area contributed by atoms with Crippen LogP contribution in [0.1, 0.15) is 215 Å². The highest BCUT2D eigenvalue weighted by Crippen LogP contribution is 2.69. The van der Waals surface area contributed by atoms with Gasteiger partial charge < -0.3 is 58.2 Å². The normalized spacial score (nSPS) is 34.8. The number of ether oxygens (including phenoxy) is 9. The van der Waals surface area contributed by atoms with Crippen molar-refractivity contribution in [1.82, 2.24) is 5.32 Å². The predicted octanol–water partition coefficient (Wildman–Crippen LogP) is 12.9. The summed E-state index contributed by atoms with van der Waals surface area (Å²) >= 11 is 0. The molecule has 0 aromatic heterocycles. The van der Waals surface area contributed by atoms with Gasteiger partial charge in [-0.15, -0.1) is 0 Å². The van der Waals surface area contributed by atoms with Gasteiger partial charge in [-0.2, -0.15) is 0 Å². The largest absolute Gasteiger partial charge is 0.512 e. The number of alkyl carbamates (subject to hydrolysis) is 1. The van der Waals surface area contributed by atoms with Crippen LogP contribution in [0.3, 0.4) is 0 Å². The maximum atomic E-state index is 15.6. The van der Waals surface area contributed by atoms with Crippen molar-refractivity contribution in [2.24, 2.45) is 69.0 Å². The molecule has 0 radical (unpaired) electrons. The molecule has 2 bridgehead atoms. The van der Waals surface area contributed by atoms with Gasteiger partial charge in [0, 0.05) is 30.6 Å². The van der Waals surface area contributed by atoms with Gasteiger partial charge in [0.2, 0.25) is 12.9 Å². The molecule has 8 aliphatic rings. The van der Waals surface area contributed by atoms with E-state index in [9.17, 15) is 39.0 Å². The van der Waals surface area contributed by atoms with Crippen molar-refractivity contribution in [3.05, 3.63) is 94.6 Å². The third-order valence-electron chi connectivity index (χ3n) is 24.7. The first-order chi connectivity index (χ1) is 45.6. The predicted molar refractivity (Wildman–Crippen MR) is 355 cm³/mol. The fourth-order valence-corrected chi connectivity index (χ4v) is 19.5. The summed E-state index contributed by atoms with van der Waals surface area (Å²) in [4.78, 5) is 113. The van der Waals surface area contributed by atoms with E-state index >= 15 is 9.59 Å². The number of esters is 5. The van der Waals surface area contributed by atoms with E-state index < -0.39 is 144 Å². The van der Waals surface area contributed by atoms with Gasteiger partial charge in [-0.25, -0.2) is 19.2 Å². The summed E-state index contributed by atoms with van der Waals surface area (Å²) in [6, 6.07) is 14.3. The number of amides is 1. The number of benzene rings is 2. The van der Waals surface area contributed by atoms with E-state index in [4.69, 9.17) is 42.6 Å². The molecule has 2 aromatic rings. The van der Waals surface area contributed by atoms with Gasteiger partial charge in [0.25, 0.3) is 0 Å². The minimum absolute atomic E-state index is 0.0501. The topological polar surface area (TPSA) is 272 Å². The molecule has 97 heavy (non-hydrogen) atoms. The van der Waals surface area contributed by atoms with Gasteiger partial charge in [-0.3, -0.25) is 19.2 Å². The van der Waals surface area contributed by atoms with Crippen molar-refractivity contribution in [3.8, 4) is 0 Å². The summed E-state index contributed by atoms with van der Waals surface area (Å²) in [7, 11) is 0. The molecule has 2 aromatic carbocycles. The van der Waals surface area contributed by atoms with Crippen LogP contribution >= 0.6 is 0 Å². The molecular formula is C77H105NO19. The van der Waals surface area contributed by atoms with E-state index in [1.54, 1.807) is 84.9 Å². The van der Waals surface area contributed by atoms with Crippen LogP contribution in [-0.4, -0.2) is 125 Å². The minimum atomic E-state index is -2.41. The third kappa shape index (κ3) is 14.0. The Morgan fingerprint density at radius 1 is 0.814 bits per heavy atom. The molecule has 7 aliphatic carbocycles.